The van der Waals surface area contributed by atoms with Crippen LogP contribution in [0.5, 0.6) is 0 Å². The fourth-order valence-electron chi connectivity index (χ4n) is 1.32. The molecule has 5 nitrogen and oxygen atoms in total. The third-order valence-corrected chi connectivity index (χ3v) is 1.98. The van der Waals surface area contributed by atoms with Gasteiger partial charge in [0.25, 0.3) is 11.5 Å². The molecule has 1 heterocycles. The van der Waals surface area contributed by atoms with Gasteiger partial charge in [0.05, 0.1) is 5.69 Å². The van der Waals surface area contributed by atoms with Crippen LogP contribution in [0.2, 0.25) is 0 Å². The standard InChI is InChI=1S/C10H15N3O2/c1-4-5-11-9(14)8-6(2)12-7(3)13-10(8)15/h4-5H2,1-3H3,(H,11,14)(H,12,13,15). The maximum Gasteiger partial charge on any atom is 0.264 e. The summed E-state index contributed by atoms with van der Waals surface area (Å²) in [5, 5.41) is 2.65. The average Bonchev–Trinajstić information content (AvgIpc) is 2.12. The Morgan fingerprint density at radius 3 is 2.67 bits per heavy atom. The second kappa shape index (κ2) is 4.72. The van der Waals surface area contributed by atoms with Crippen molar-refractivity contribution in [1.82, 2.24) is 15.3 Å². The molecule has 0 atom stereocenters. The molecule has 0 fully saturated rings. The molecule has 0 radical (unpaired) electrons. The predicted molar refractivity (Wildman–Crippen MR) is 57.0 cm³/mol. The quantitative estimate of drug-likeness (QED) is 0.762. The molecule has 1 aromatic rings. The Labute approximate surface area is 87.9 Å². The highest BCUT2D eigenvalue weighted by Crippen LogP contribution is 1.98. The fourth-order valence-corrected chi connectivity index (χ4v) is 1.32. The molecule has 0 aromatic carbocycles. The topological polar surface area (TPSA) is 74.8 Å². The number of hydrogen-bond donors (Lipinski definition) is 2. The lowest BCUT2D eigenvalue weighted by atomic mass is 10.2. The second-order valence-electron chi connectivity index (χ2n) is 3.37. The molecular weight excluding hydrogens is 194 g/mol. The Morgan fingerprint density at radius 2 is 2.13 bits per heavy atom. The molecule has 0 spiro atoms. The number of nitrogens with zero attached hydrogens (tertiary/aromatic N) is 1. The summed E-state index contributed by atoms with van der Waals surface area (Å²) in [7, 11) is 0. The molecule has 0 unspecified atom stereocenters. The lowest BCUT2D eigenvalue weighted by molar-refractivity contribution is 0.0951. The zero-order chi connectivity index (χ0) is 11.4. The van der Waals surface area contributed by atoms with Gasteiger partial charge < -0.3 is 10.3 Å². The zero-order valence-electron chi connectivity index (χ0n) is 9.18. The van der Waals surface area contributed by atoms with E-state index in [4.69, 9.17) is 0 Å². The number of aryl methyl sites for hydroxylation is 2. The summed E-state index contributed by atoms with van der Waals surface area (Å²) >= 11 is 0. The maximum atomic E-state index is 11.6. The number of amides is 1. The van der Waals surface area contributed by atoms with Gasteiger partial charge in [0.2, 0.25) is 0 Å². The first-order valence-corrected chi connectivity index (χ1v) is 4.92. The molecule has 0 saturated heterocycles. The molecule has 0 saturated carbocycles. The van der Waals surface area contributed by atoms with E-state index >= 15 is 0 Å². The van der Waals surface area contributed by atoms with Gasteiger partial charge in [0.15, 0.2) is 0 Å². The van der Waals surface area contributed by atoms with Crippen molar-refractivity contribution in [2.45, 2.75) is 27.2 Å². The third kappa shape index (κ3) is 2.65. The molecule has 0 aliphatic heterocycles. The molecule has 1 rings (SSSR count). The van der Waals surface area contributed by atoms with Crippen molar-refractivity contribution in [2.75, 3.05) is 6.54 Å². The molecule has 5 heteroatoms. The maximum absolute atomic E-state index is 11.6. The first kappa shape index (κ1) is 11.4. The van der Waals surface area contributed by atoms with Crippen LogP contribution in [0.1, 0.15) is 35.2 Å². The van der Waals surface area contributed by atoms with Crippen LogP contribution in [0.25, 0.3) is 0 Å². The highest BCUT2D eigenvalue weighted by molar-refractivity contribution is 5.94. The van der Waals surface area contributed by atoms with Gasteiger partial charge in [-0.15, -0.1) is 0 Å². The van der Waals surface area contributed by atoms with Crippen molar-refractivity contribution < 1.29 is 4.79 Å². The van der Waals surface area contributed by atoms with Crippen molar-refractivity contribution in [2.24, 2.45) is 0 Å². The number of hydrogen-bond acceptors (Lipinski definition) is 3. The Hall–Kier alpha value is -1.65. The smallest absolute Gasteiger partial charge is 0.264 e. The monoisotopic (exact) mass is 209 g/mol. The van der Waals surface area contributed by atoms with Crippen LogP contribution in [-0.2, 0) is 0 Å². The van der Waals surface area contributed by atoms with Gasteiger partial charge in [-0.2, -0.15) is 0 Å². The van der Waals surface area contributed by atoms with E-state index < -0.39 is 0 Å². The van der Waals surface area contributed by atoms with E-state index in [2.05, 4.69) is 15.3 Å². The molecule has 2 N–H and O–H groups in total. The van der Waals surface area contributed by atoms with Gasteiger partial charge in [-0.05, 0) is 20.3 Å². The summed E-state index contributed by atoms with van der Waals surface area (Å²) in [6.45, 7) is 5.85. The predicted octanol–water partition coefficient (Wildman–Crippen LogP) is 0.527. The number of aromatic nitrogens is 2. The Kier molecular flexibility index (Phi) is 3.60. The van der Waals surface area contributed by atoms with E-state index in [1.807, 2.05) is 6.92 Å². The van der Waals surface area contributed by atoms with Crippen LogP contribution < -0.4 is 10.9 Å². The number of carbonyl (C=O) groups is 1. The molecule has 1 amide bonds. The van der Waals surface area contributed by atoms with Crippen LogP contribution in [0.4, 0.5) is 0 Å². The van der Waals surface area contributed by atoms with E-state index in [-0.39, 0.29) is 17.0 Å². The number of rotatable bonds is 3. The van der Waals surface area contributed by atoms with E-state index in [0.29, 0.717) is 18.1 Å². The summed E-state index contributed by atoms with van der Waals surface area (Å²) < 4.78 is 0. The zero-order valence-corrected chi connectivity index (χ0v) is 9.18. The van der Waals surface area contributed by atoms with Gasteiger partial charge >= 0.3 is 0 Å². The van der Waals surface area contributed by atoms with Crippen LogP contribution in [-0.4, -0.2) is 22.4 Å². The molecule has 1 aromatic heterocycles. The van der Waals surface area contributed by atoms with Crippen LogP contribution in [0.15, 0.2) is 4.79 Å². The number of carbonyl (C=O) groups excluding carboxylic acids is 1. The summed E-state index contributed by atoms with van der Waals surface area (Å²) in [5.41, 5.74) is 0.188. The Bertz CT molecular complexity index is 423. The largest absolute Gasteiger partial charge is 0.352 e. The Balaban J connectivity index is 3.04. The molecule has 0 bridgehead atoms. The van der Waals surface area contributed by atoms with Crippen molar-refractivity contribution in [3.63, 3.8) is 0 Å². The summed E-state index contributed by atoms with van der Waals surface area (Å²) in [6, 6.07) is 0. The Morgan fingerprint density at radius 1 is 1.47 bits per heavy atom. The van der Waals surface area contributed by atoms with Gasteiger partial charge in [-0.25, -0.2) is 4.98 Å². The summed E-state index contributed by atoms with van der Waals surface area (Å²) in [5.74, 6) is 0.160. The molecule has 0 aliphatic carbocycles. The SMILES string of the molecule is CCCNC(=O)c1c(C)nc(C)[nH]c1=O. The normalized spacial score (nSPS) is 10.1. The van der Waals surface area contributed by atoms with E-state index in [9.17, 15) is 9.59 Å². The molecule has 0 aliphatic rings. The van der Waals surface area contributed by atoms with Crippen molar-refractivity contribution >= 4 is 5.91 Å². The van der Waals surface area contributed by atoms with Crippen LogP contribution in [0, 0.1) is 13.8 Å². The number of nitrogens with one attached hydrogen (secondary N) is 2. The van der Waals surface area contributed by atoms with Gasteiger partial charge in [-0.3, -0.25) is 9.59 Å². The summed E-state index contributed by atoms with van der Waals surface area (Å²) in [4.78, 5) is 29.7. The number of aromatic amines is 1. The molecule has 82 valence electrons. The van der Waals surface area contributed by atoms with E-state index in [1.165, 1.54) is 0 Å². The lowest BCUT2D eigenvalue weighted by Crippen LogP contribution is -2.32. The summed E-state index contributed by atoms with van der Waals surface area (Å²) in [6.07, 6.45) is 0.835. The van der Waals surface area contributed by atoms with Crippen LogP contribution in [0.3, 0.4) is 0 Å². The van der Waals surface area contributed by atoms with Crippen molar-refractivity contribution in [3.8, 4) is 0 Å². The van der Waals surface area contributed by atoms with Crippen molar-refractivity contribution in [3.05, 3.63) is 27.4 Å². The highest BCUT2D eigenvalue weighted by Gasteiger charge is 2.14. The van der Waals surface area contributed by atoms with Gasteiger partial charge in [-0.1, -0.05) is 6.92 Å². The van der Waals surface area contributed by atoms with Crippen molar-refractivity contribution in [1.29, 1.82) is 0 Å². The fraction of sp³-hybridized carbons (Fsp3) is 0.500. The second-order valence-corrected chi connectivity index (χ2v) is 3.37. The van der Waals surface area contributed by atoms with Crippen LogP contribution >= 0.6 is 0 Å². The minimum absolute atomic E-state index is 0.106. The third-order valence-electron chi connectivity index (χ3n) is 1.98. The highest BCUT2D eigenvalue weighted by atomic mass is 16.2. The molecule has 15 heavy (non-hydrogen) atoms. The van der Waals surface area contributed by atoms with E-state index in [0.717, 1.165) is 6.42 Å². The number of H-pyrrole nitrogens is 1. The van der Waals surface area contributed by atoms with Gasteiger partial charge in [0, 0.05) is 6.54 Å². The van der Waals surface area contributed by atoms with E-state index in [1.54, 1.807) is 13.8 Å². The first-order valence-electron chi connectivity index (χ1n) is 4.92. The first-order chi connectivity index (χ1) is 7.06. The van der Waals surface area contributed by atoms with Gasteiger partial charge in [0.1, 0.15) is 11.4 Å². The minimum atomic E-state index is -0.381. The minimum Gasteiger partial charge on any atom is -0.352 e. The lowest BCUT2D eigenvalue weighted by Gasteiger charge is -2.05. The average molecular weight is 209 g/mol. The molecular formula is C10H15N3O2.